The van der Waals surface area contributed by atoms with Crippen LogP contribution in [0.4, 0.5) is 0 Å². The summed E-state index contributed by atoms with van der Waals surface area (Å²) in [7, 11) is -0.147. The first kappa shape index (κ1) is 21.4. The zero-order valence-corrected chi connectivity index (χ0v) is 17.1. The van der Waals surface area contributed by atoms with E-state index in [9.17, 15) is 18.0 Å². The molecule has 2 rings (SSSR count). The van der Waals surface area contributed by atoms with E-state index in [1.165, 1.54) is 4.31 Å². The highest BCUT2D eigenvalue weighted by Crippen LogP contribution is 2.23. The number of nitrogens with zero attached hydrogens (tertiary/aromatic N) is 2. The van der Waals surface area contributed by atoms with E-state index in [1.54, 1.807) is 43.3 Å². The molecule has 1 fully saturated rings. The molecule has 150 valence electrons. The molecule has 0 spiro atoms. The van der Waals surface area contributed by atoms with Crippen LogP contribution in [0, 0.1) is 0 Å². The van der Waals surface area contributed by atoms with E-state index in [0.29, 0.717) is 31.5 Å². The Hall–Kier alpha value is -1.93. The van der Waals surface area contributed by atoms with E-state index in [-0.39, 0.29) is 17.6 Å². The van der Waals surface area contributed by atoms with Crippen molar-refractivity contribution in [1.82, 2.24) is 14.5 Å². The third-order valence-electron chi connectivity index (χ3n) is 4.80. The Balaban J connectivity index is 2.09. The predicted octanol–water partition coefficient (Wildman–Crippen LogP) is 1.60. The number of carbonyl (C=O) groups is 2. The number of carbonyl (C=O) groups excluding carboxylic acids is 2. The lowest BCUT2D eigenvalue weighted by Crippen LogP contribution is -2.52. The second-order valence-electron chi connectivity index (χ2n) is 6.91. The van der Waals surface area contributed by atoms with Crippen molar-refractivity contribution in [1.29, 1.82) is 0 Å². The van der Waals surface area contributed by atoms with E-state index < -0.39 is 16.1 Å². The number of sulfonamides is 1. The summed E-state index contributed by atoms with van der Waals surface area (Å²) in [6.07, 6.45) is 2.73. The Bertz CT molecular complexity index is 762. The molecular weight excluding hydrogens is 366 g/mol. The second-order valence-corrected chi connectivity index (χ2v) is 8.95. The quantitative estimate of drug-likeness (QED) is 0.760. The maximum Gasteiger partial charge on any atom is 0.251 e. The predicted molar refractivity (Wildman–Crippen MR) is 105 cm³/mol. The SMILES string of the molecule is CCCS(=O)(=O)N1CCCCC1C(=O)N(C)Cc1ccc(C(=O)NC)cc1. The van der Waals surface area contributed by atoms with Crippen molar-refractivity contribution in [3.63, 3.8) is 0 Å². The van der Waals surface area contributed by atoms with Crippen LogP contribution in [-0.4, -0.2) is 61.9 Å². The van der Waals surface area contributed by atoms with Crippen molar-refractivity contribution in [3.05, 3.63) is 35.4 Å². The molecule has 1 heterocycles. The third kappa shape index (κ3) is 5.29. The summed E-state index contributed by atoms with van der Waals surface area (Å²) in [5, 5.41) is 2.57. The van der Waals surface area contributed by atoms with Gasteiger partial charge in [0.05, 0.1) is 5.75 Å². The molecule has 0 saturated carbocycles. The van der Waals surface area contributed by atoms with E-state index in [4.69, 9.17) is 0 Å². The fourth-order valence-corrected chi connectivity index (χ4v) is 5.11. The number of piperidine rings is 1. The van der Waals surface area contributed by atoms with Crippen molar-refractivity contribution in [2.24, 2.45) is 0 Å². The monoisotopic (exact) mass is 395 g/mol. The third-order valence-corrected chi connectivity index (χ3v) is 6.87. The van der Waals surface area contributed by atoms with Gasteiger partial charge >= 0.3 is 0 Å². The Morgan fingerprint density at radius 2 is 1.89 bits per heavy atom. The van der Waals surface area contributed by atoms with Crippen molar-refractivity contribution in [2.75, 3.05) is 26.4 Å². The number of rotatable bonds is 7. The molecule has 1 aliphatic heterocycles. The number of amides is 2. The summed E-state index contributed by atoms with van der Waals surface area (Å²) in [6, 6.07) is 6.42. The van der Waals surface area contributed by atoms with Gasteiger partial charge in [0.1, 0.15) is 6.04 Å². The molecule has 8 heteroatoms. The first-order chi connectivity index (χ1) is 12.8. The van der Waals surface area contributed by atoms with Crippen LogP contribution < -0.4 is 5.32 Å². The highest BCUT2D eigenvalue weighted by Gasteiger charge is 2.37. The van der Waals surface area contributed by atoms with E-state index in [2.05, 4.69) is 5.32 Å². The molecule has 1 N–H and O–H groups in total. The number of hydrogen-bond acceptors (Lipinski definition) is 4. The Kier molecular flexibility index (Phi) is 7.38. The second kappa shape index (κ2) is 9.32. The number of hydrogen-bond donors (Lipinski definition) is 1. The van der Waals surface area contributed by atoms with Gasteiger partial charge in [0.15, 0.2) is 0 Å². The molecular formula is C19H29N3O4S. The van der Waals surface area contributed by atoms with Gasteiger partial charge < -0.3 is 10.2 Å². The van der Waals surface area contributed by atoms with Crippen LogP contribution in [0.25, 0.3) is 0 Å². The maximum atomic E-state index is 12.9. The molecule has 2 amide bonds. The van der Waals surface area contributed by atoms with Crippen molar-refractivity contribution in [2.45, 2.75) is 45.2 Å². The molecule has 1 saturated heterocycles. The van der Waals surface area contributed by atoms with Crippen molar-refractivity contribution in [3.8, 4) is 0 Å². The zero-order valence-electron chi connectivity index (χ0n) is 16.3. The normalized spacial score (nSPS) is 18.1. The Morgan fingerprint density at radius 1 is 1.22 bits per heavy atom. The lowest BCUT2D eigenvalue weighted by Gasteiger charge is -2.35. The lowest BCUT2D eigenvalue weighted by atomic mass is 10.0. The van der Waals surface area contributed by atoms with Gasteiger partial charge in [0, 0.05) is 32.7 Å². The highest BCUT2D eigenvalue weighted by atomic mass is 32.2. The van der Waals surface area contributed by atoms with Crippen LogP contribution in [0.5, 0.6) is 0 Å². The van der Waals surface area contributed by atoms with E-state index in [0.717, 1.165) is 18.4 Å². The molecule has 1 aromatic rings. The molecule has 0 aromatic heterocycles. The minimum absolute atomic E-state index is 0.0709. The minimum Gasteiger partial charge on any atom is -0.355 e. The smallest absolute Gasteiger partial charge is 0.251 e. The van der Waals surface area contributed by atoms with Crippen LogP contribution in [0.2, 0.25) is 0 Å². The molecule has 1 unspecified atom stereocenters. The first-order valence-electron chi connectivity index (χ1n) is 9.35. The topological polar surface area (TPSA) is 86.8 Å². The van der Waals surface area contributed by atoms with Gasteiger partial charge in [0.25, 0.3) is 5.91 Å². The summed E-state index contributed by atoms with van der Waals surface area (Å²) in [5.41, 5.74) is 1.44. The number of nitrogens with one attached hydrogen (secondary N) is 1. The van der Waals surface area contributed by atoms with E-state index >= 15 is 0 Å². The molecule has 0 radical (unpaired) electrons. The summed E-state index contributed by atoms with van der Waals surface area (Å²) >= 11 is 0. The van der Waals surface area contributed by atoms with Gasteiger partial charge in [-0.25, -0.2) is 8.42 Å². The Labute approximate surface area is 161 Å². The molecule has 7 nitrogen and oxygen atoms in total. The molecule has 0 aliphatic carbocycles. The average Bonchev–Trinajstić information content (AvgIpc) is 2.67. The maximum absolute atomic E-state index is 12.9. The molecule has 1 aliphatic rings. The summed E-state index contributed by atoms with van der Waals surface area (Å²) in [5.74, 6) is -0.267. The summed E-state index contributed by atoms with van der Waals surface area (Å²) < 4.78 is 26.5. The number of likely N-dealkylation sites (N-methyl/N-ethyl adjacent to an activating group) is 1. The Morgan fingerprint density at radius 3 is 2.48 bits per heavy atom. The standard InChI is InChI=1S/C19H29N3O4S/c1-4-13-27(25,26)22-12-6-5-7-17(22)19(24)21(3)14-15-8-10-16(11-9-15)18(23)20-2/h8-11,17H,4-7,12-14H2,1-3H3,(H,20,23). The molecule has 0 bridgehead atoms. The fraction of sp³-hybridized carbons (Fsp3) is 0.579. The van der Waals surface area contributed by atoms with Gasteiger partial charge in [-0.3, -0.25) is 9.59 Å². The lowest BCUT2D eigenvalue weighted by molar-refractivity contribution is -0.135. The summed E-state index contributed by atoms with van der Waals surface area (Å²) in [6.45, 7) is 2.60. The van der Waals surface area contributed by atoms with Gasteiger partial charge in [-0.05, 0) is 37.0 Å². The molecule has 1 atom stereocenters. The number of benzene rings is 1. The van der Waals surface area contributed by atoms with Crippen LogP contribution in [0.15, 0.2) is 24.3 Å². The van der Waals surface area contributed by atoms with Crippen LogP contribution in [-0.2, 0) is 21.4 Å². The zero-order chi connectivity index (χ0) is 20.0. The van der Waals surface area contributed by atoms with Gasteiger partial charge in [-0.1, -0.05) is 25.5 Å². The first-order valence-corrected chi connectivity index (χ1v) is 11.0. The minimum atomic E-state index is -3.41. The average molecular weight is 396 g/mol. The van der Waals surface area contributed by atoms with Crippen LogP contribution in [0.1, 0.15) is 48.5 Å². The van der Waals surface area contributed by atoms with Crippen molar-refractivity contribution < 1.29 is 18.0 Å². The molecule has 27 heavy (non-hydrogen) atoms. The molecule has 1 aromatic carbocycles. The van der Waals surface area contributed by atoms with Gasteiger partial charge in [-0.15, -0.1) is 0 Å². The highest BCUT2D eigenvalue weighted by molar-refractivity contribution is 7.89. The van der Waals surface area contributed by atoms with E-state index in [1.807, 2.05) is 6.92 Å². The van der Waals surface area contributed by atoms with Gasteiger partial charge in [0.2, 0.25) is 15.9 Å². The largest absolute Gasteiger partial charge is 0.355 e. The van der Waals surface area contributed by atoms with Gasteiger partial charge in [-0.2, -0.15) is 4.31 Å². The fourth-order valence-electron chi connectivity index (χ4n) is 3.37. The van der Waals surface area contributed by atoms with Crippen molar-refractivity contribution >= 4 is 21.8 Å². The van der Waals surface area contributed by atoms with Crippen LogP contribution in [0.3, 0.4) is 0 Å². The summed E-state index contributed by atoms with van der Waals surface area (Å²) in [4.78, 5) is 26.1. The van der Waals surface area contributed by atoms with Crippen LogP contribution >= 0.6 is 0 Å².